The van der Waals surface area contributed by atoms with E-state index < -0.39 is 0 Å². The monoisotopic (exact) mass is 195 g/mol. The number of hydrogen-bond donors (Lipinski definition) is 1. The van der Waals surface area contributed by atoms with Crippen molar-refractivity contribution in [2.24, 2.45) is 5.92 Å². The van der Waals surface area contributed by atoms with Crippen molar-refractivity contribution in [2.75, 3.05) is 6.54 Å². The minimum atomic E-state index is 0.785. The third-order valence-electron chi connectivity index (χ3n) is 3.34. The molecule has 0 heterocycles. The van der Waals surface area contributed by atoms with Crippen LogP contribution in [0.15, 0.2) is 12.2 Å². The van der Waals surface area contributed by atoms with E-state index in [0.717, 1.165) is 24.9 Å². The topological polar surface area (TPSA) is 12.0 Å². The Bertz CT molecular complexity index is 174. The molecule has 1 fully saturated rings. The van der Waals surface area contributed by atoms with Crippen molar-refractivity contribution in [2.45, 2.75) is 58.4 Å². The van der Waals surface area contributed by atoms with E-state index in [9.17, 15) is 0 Å². The molecule has 0 saturated heterocycles. The van der Waals surface area contributed by atoms with Gasteiger partial charge in [-0.1, -0.05) is 31.8 Å². The van der Waals surface area contributed by atoms with Gasteiger partial charge in [-0.05, 0) is 38.6 Å². The first-order valence-electron chi connectivity index (χ1n) is 6.10. The van der Waals surface area contributed by atoms with E-state index in [4.69, 9.17) is 0 Å². The normalized spacial score (nSPS) is 27.6. The van der Waals surface area contributed by atoms with Gasteiger partial charge in [0, 0.05) is 6.04 Å². The van der Waals surface area contributed by atoms with Gasteiger partial charge in [0.05, 0.1) is 0 Å². The number of hydrogen-bond acceptors (Lipinski definition) is 1. The third kappa shape index (κ3) is 4.28. The van der Waals surface area contributed by atoms with Gasteiger partial charge in [-0.25, -0.2) is 0 Å². The van der Waals surface area contributed by atoms with Crippen molar-refractivity contribution in [3.8, 4) is 0 Å². The summed E-state index contributed by atoms with van der Waals surface area (Å²) in [5.41, 5.74) is 1.29. The van der Waals surface area contributed by atoms with Crippen LogP contribution in [0.25, 0.3) is 0 Å². The molecular formula is C13H25N. The molecule has 0 aromatic rings. The summed E-state index contributed by atoms with van der Waals surface area (Å²) in [5, 5.41) is 3.66. The van der Waals surface area contributed by atoms with E-state index in [1.165, 1.54) is 37.7 Å². The molecule has 1 aliphatic carbocycles. The predicted molar refractivity (Wildman–Crippen MR) is 63.5 cm³/mol. The molecule has 0 radical (unpaired) electrons. The lowest BCUT2D eigenvalue weighted by molar-refractivity contribution is 0.280. The van der Waals surface area contributed by atoms with Crippen molar-refractivity contribution < 1.29 is 0 Å². The van der Waals surface area contributed by atoms with E-state index in [1.807, 2.05) is 0 Å². The smallest absolute Gasteiger partial charge is 0.00698 e. The maximum absolute atomic E-state index is 3.93. The first-order valence-corrected chi connectivity index (χ1v) is 6.10. The fourth-order valence-corrected chi connectivity index (χ4v) is 2.34. The van der Waals surface area contributed by atoms with Crippen LogP contribution >= 0.6 is 0 Å². The van der Waals surface area contributed by atoms with Crippen LogP contribution in [0.3, 0.4) is 0 Å². The van der Waals surface area contributed by atoms with Crippen molar-refractivity contribution >= 4 is 0 Å². The third-order valence-corrected chi connectivity index (χ3v) is 3.34. The average Bonchev–Trinajstić information content (AvgIpc) is 2.18. The lowest BCUT2D eigenvalue weighted by Gasteiger charge is -2.29. The summed E-state index contributed by atoms with van der Waals surface area (Å²) in [6, 6.07) is 0.785. The second kappa shape index (κ2) is 6.23. The highest BCUT2D eigenvalue weighted by molar-refractivity contribution is 4.89. The van der Waals surface area contributed by atoms with Crippen LogP contribution in [-0.2, 0) is 0 Å². The van der Waals surface area contributed by atoms with Crippen LogP contribution in [0.4, 0.5) is 0 Å². The van der Waals surface area contributed by atoms with Crippen molar-refractivity contribution in [3.63, 3.8) is 0 Å². The van der Waals surface area contributed by atoms with Gasteiger partial charge >= 0.3 is 0 Å². The second-order valence-corrected chi connectivity index (χ2v) is 4.80. The minimum Gasteiger partial charge on any atom is -0.314 e. The van der Waals surface area contributed by atoms with Crippen LogP contribution in [0.2, 0.25) is 0 Å². The van der Waals surface area contributed by atoms with Crippen LogP contribution in [0, 0.1) is 5.92 Å². The Balaban J connectivity index is 2.14. The first kappa shape index (κ1) is 11.8. The van der Waals surface area contributed by atoms with Gasteiger partial charge in [-0.15, -0.1) is 6.58 Å². The van der Waals surface area contributed by atoms with E-state index >= 15 is 0 Å². The average molecular weight is 195 g/mol. The molecule has 1 saturated carbocycles. The summed E-state index contributed by atoms with van der Waals surface area (Å²) in [6.45, 7) is 9.48. The summed E-state index contributed by atoms with van der Waals surface area (Å²) in [7, 11) is 0. The fourth-order valence-electron chi connectivity index (χ4n) is 2.34. The maximum Gasteiger partial charge on any atom is 0.00698 e. The van der Waals surface area contributed by atoms with Gasteiger partial charge in [0.25, 0.3) is 0 Å². The Morgan fingerprint density at radius 1 is 1.43 bits per heavy atom. The lowest BCUT2D eigenvalue weighted by atomic mass is 9.84. The second-order valence-electron chi connectivity index (χ2n) is 4.80. The lowest BCUT2D eigenvalue weighted by Crippen LogP contribution is -2.34. The number of nitrogens with one attached hydrogen (secondary N) is 1. The van der Waals surface area contributed by atoms with Crippen molar-refractivity contribution in [1.29, 1.82) is 0 Å². The molecular weight excluding hydrogens is 170 g/mol. The molecule has 1 rings (SSSR count). The summed E-state index contributed by atoms with van der Waals surface area (Å²) in [5.74, 6) is 0.978. The summed E-state index contributed by atoms with van der Waals surface area (Å²) in [4.78, 5) is 0. The van der Waals surface area contributed by atoms with Gasteiger partial charge in [0.1, 0.15) is 0 Å². The molecule has 2 unspecified atom stereocenters. The molecule has 0 amide bonds. The number of rotatable bonds is 5. The Labute approximate surface area is 89.0 Å². The molecule has 82 valence electrons. The van der Waals surface area contributed by atoms with Crippen LogP contribution in [0.1, 0.15) is 52.4 Å². The summed E-state index contributed by atoms with van der Waals surface area (Å²) in [6.07, 6.45) is 8.14. The van der Waals surface area contributed by atoms with Gasteiger partial charge in [0.15, 0.2) is 0 Å². The quantitative estimate of drug-likeness (QED) is 0.662. The molecule has 1 nitrogen and oxygen atoms in total. The van der Waals surface area contributed by atoms with Crippen LogP contribution in [-0.4, -0.2) is 12.6 Å². The predicted octanol–water partition coefficient (Wildman–Crippen LogP) is 3.51. The Morgan fingerprint density at radius 3 is 2.86 bits per heavy atom. The van der Waals surface area contributed by atoms with Crippen molar-refractivity contribution in [3.05, 3.63) is 12.2 Å². The minimum absolute atomic E-state index is 0.785. The van der Waals surface area contributed by atoms with Gasteiger partial charge in [-0.2, -0.15) is 0 Å². The van der Waals surface area contributed by atoms with E-state index in [1.54, 1.807) is 0 Å². The molecule has 14 heavy (non-hydrogen) atoms. The zero-order chi connectivity index (χ0) is 10.4. The molecule has 2 atom stereocenters. The van der Waals surface area contributed by atoms with E-state index in [2.05, 4.69) is 25.7 Å². The first-order chi connectivity index (χ1) is 6.72. The fraction of sp³-hybridized carbons (Fsp3) is 0.846. The zero-order valence-corrected chi connectivity index (χ0v) is 9.81. The van der Waals surface area contributed by atoms with Crippen molar-refractivity contribution in [1.82, 2.24) is 5.32 Å². The highest BCUT2D eigenvalue weighted by Gasteiger charge is 2.19. The molecule has 0 aliphatic heterocycles. The van der Waals surface area contributed by atoms with E-state index in [0.29, 0.717) is 0 Å². The standard InChI is InChI=1S/C13H25N/c1-4-12-6-5-7-13(10-12)14-9-8-11(2)3/h12-14H,2,4-10H2,1,3H3. The summed E-state index contributed by atoms with van der Waals surface area (Å²) >= 11 is 0. The molecule has 1 aliphatic rings. The van der Waals surface area contributed by atoms with Gasteiger partial charge in [-0.3, -0.25) is 0 Å². The SMILES string of the molecule is C=C(C)CCNC1CCCC(CC)C1. The molecule has 0 aromatic carbocycles. The highest BCUT2D eigenvalue weighted by atomic mass is 14.9. The Morgan fingerprint density at radius 2 is 2.21 bits per heavy atom. The molecule has 0 spiro atoms. The maximum atomic E-state index is 3.93. The molecule has 0 bridgehead atoms. The largest absolute Gasteiger partial charge is 0.314 e. The molecule has 0 aromatic heterocycles. The van der Waals surface area contributed by atoms with Gasteiger partial charge in [0.2, 0.25) is 0 Å². The Hall–Kier alpha value is -0.300. The van der Waals surface area contributed by atoms with Gasteiger partial charge < -0.3 is 5.32 Å². The van der Waals surface area contributed by atoms with Crippen LogP contribution in [0.5, 0.6) is 0 Å². The molecule has 1 heteroatoms. The zero-order valence-electron chi connectivity index (χ0n) is 9.81. The highest BCUT2D eigenvalue weighted by Crippen LogP contribution is 2.26. The summed E-state index contributed by atoms with van der Waals surface area (Å²) < 4.78 is 0. The Kier molecular flexibility index (Phi) is 5.24. The van der Waals surface area contributed by atoms with Crippen LogP contribution < -0.4 is 5.32 Å². The van der Waals surface area contributed by atoms with E-state index in [-0.39, 0.29) is 0 Å². The molecule has 1 N–H and O–H groups in total.